The molecule has 0 radical (unpaired) electrons. The maximum absolute atomic E-state index is 12.7. The van der Waals surface area contributed by atoms with Gasteiger partial charge in [0.1, 0.15) is 12.4 Å². The van der Waals surface area contributed by atoms with Gasteiger partial charge in [0.2, 0.25) is 6.41 Å². The minimum Gasteiger partial charge on any atom is -0.396 e. The molecule has 1 amide bonds. The van der Waals surface area contributed by atoms with Crippen molar-refractivity contribution in [3.05, 3.63) is 0 Å². The van der Waals surface area contributed by atoms with E-state index in [1.165, 1.54) is 0 Å². The Morgan fingerprint density at radius 2 is 2.00 bits per heavy atom. The molecule has 0 unspecified atom stereocenters. The van der Waals surface area contributed by atoms with Gasteiger partial charge >= 0.3 is 0 Å². The summed E-state index contributed by atoms with van der Waals surface area (Å²) >= 11 is 0. The quantitative estimate of drug-likeness (QED) is 0.378. The molecule has 4 rings (SSSR count). The number of hydrogen-bond donors (Lipinski definition) is 2. The number of amides is 1. The van der Waals surface area contributed by atoms with Crippen LogP contribution in [0.3, 0.4) is 0 Å². The number of hydrogen-bond acceptors (Lipinski definition) is 5. The van der Waals surface area contributed by atoms with Crippen LogP contribution in [0.15, 0.2) is 5.16 Å². The summed E-state index contributed by atoms with van der Waals surface area (Å²) in [6.07, 6.45) is 9.82. The highest BCUT2D eigenvalue weighted by Crippen LogP contribution is 2.65. The predicted octanol–water partition coefficient (Wildman–Crippen LogP) is 3.30. The summed E-state index contributed by atoms with van der Waals surface area (Å²) in [6.45, 7) is 6.25. The third-order valence-corrected chi connectivity index (χ3v) is 9.40. The molecular formula is C24H39N3O3. The topological polar surface area (TPSA) is 79.8 Å². The minimum absolute atomic E-state index is 0.126. The van der Waals surface area contributed by atoms with Gasteiger partial charge in [0.05, 0.1) is 5.71 Å². The average Bonchev–Trinajstić information content (AvgIpc) is 3.03. The third kappa shape index (κ3) is 3.59. The summed E-state index contributed by atoms with van der Waals surface area (Å²) in [5.74, 6) is 2.56. The summed E-state index contributed by atoms with van der Waals surface area (Å²) in [7, 11) is 1.94. The fourth-order valence-corrected chi connectivity index (χ4v) is 7.72. The van der Waals surface area contributed by atoms with E-state index in [4.69, 9.17) is 4.84 Å². The molecule has 6 heteroatoms. The number of ketones is 1. The second kappa shape index (κ2) is 8.60. The van der Waals surface area contributed by atoms with Gasteiger partial charge in [0, 0.05) is 17.9 Å². The number of fused-ring (bicyclic) bond motifs is 5. The summed E-state index contributed by atoms with van der Waals surface area (Å²) in [6, 6.07) is 0.168. The monoisotopic (exact) mass is 417 g/mol. The van der Waals surface area contributed by atoms with E-state index in [1.807, 2.05) is 7.05 Å². The number of oxime groups is 1. The molecule has 7 atom stereocenters. The highest BCUT2D eigenvalue weighted by Gasteiger charge is 2.62. The zero-order chi connectivity index (χ0) is 21.4. The number of Topliss-reactive ketones (excluding diaryl/α,β-unsaturated/α-hetero) is 1. The summed E-state index contributed by atoms with van der Waals surface area (Å²) in [5.41, 5.74) is 1.22. The molecular weight excluding hydrogens is 378 g/mol. The van der Waals surface area contributed by atoms with Crippen LogP contribution in [0.4, 0.5) is 0 Å². The van der Waals surface area contributed by atoms with Gasteiger partial charge in [-0.05, 0) is 94.0 Å². The lowest BCUT2D eigenvalue weighted by atomic mass is 9.44. The molecule has 0 spiro atoms. The van der Waals surface area contributed by atoms with Crippen molar-refractivity contribution < 1.29 is 14.4 Å². The lowest BCUT2D eigenvalue weighted by molar-refractivity contribution is -0.140. The predicted molar refractivity (Wildman–Crippen MR) is 117 cm³/mol. The summed E-state index contributed by atoms with van der Waals surface area (Å²) in [5, 5.41) is 10.8. The van der Waals surface area contributed by atoms with Crippen molar-refractivity contribution in [2.75, 3.05) is 20.2 Å². The molecule has 0 aromatic carbocycles. The van der Waals surface area contributed by atoms with Crippen molar-refractivity contribution in [1.82, 2.24) is 10.6 Å². The lowest BCUT2D eigenvalue weighted by Crippen LogP contribution is -2.60. The first kappa shape index (κ1) is 21.8. The van der Waals surface area contributed by atoms with Gasteiger partial charge in [-0.2, -0.15) is 0 Å². The van der Waals surface area contributed by atoms with Gasteiger partial charge < -0.3 is 15.5 Å². The smallest absolute Gasteiger partial charge is 0.207 e. The van der Waals surface area contributed by atoms with Crippen molar-refractivity contribution in [1.29, 1.82) is 0 Å². The molecule has 2 N–H and O–H groups in total. The van der Waals surface area contributed by atoms with E-state index in [0.29, 0.717) is 36.1 Å². The van der Waals surface area contributed by atoms with Crippen LogP contribution in [0.2, 0.25) is 0 Å². The maximum Gasteiger partial charge on any atom is 0.207 e. The molecule has 0 saturated heterocycles. The summed E-state index contributed by atoms with van der Waals surface area (Å²) in [4.78, 5) is 29.8. The van der Waals surface area contributed by atoms with Crippen LogP contribution in [0.1, 0.15) is 71.6 Å². The Morgan fingerprint density at radius 3 is 2.77 bits per heavy atom. The van der Waals surface area contributed by atoms with E-state index < -0.39 is 0 Å². The first-order chi connectivity index (χ1) is 14.4. The van der Waals surface area contributed by atoms with Crippen LogP contribution >= 0.6 is 0 Å². The fraction of sp³-hybridized carbons (Fsp3) is 0.875. The first-order valence-electron chi connectivity index (χ1n) is 12.0. The molecule has 30 heavy (non-hydrogen) atoms. The van der Waals surface area contributed by atoms with Crippen LogP contribution in [-0.2, 0) is 14.4 Å². The van der Waals surface area contributed by atoms with Crippen LogP contribution in [0.5, 0.6) is 0 Å². The second-order valence-corrected chi connectivity index (χ2v) is 10.7. The van der Waals surface area contributed by atoms with E-state index in [9.17, 15) is 9.59 Å². The maximum atomic E-state index is 12.7. The molecule has 0 aliphatic heterocycles. The molecule has 4 aliphatic rings. The minimum atomic E-state index is -0.126. The number of rotatable bonds is 7. The Kier molecular flexibility index (Phi) is 6.25. The highest BCUT2D eigenvalue weighted by molar-refractivity contribution is 5.87. The van der Waals surface area contributed by atoms with Crippen molar-refractivity contribution in [2.45, 2.75) is 77.7 Å². The molecule has 0 heterocycles. The largest absolute Gasteiger partial charge is 0.396 e. The van der Waals surface area contributed by atoms with Crippen LogP contribution in [-0.4, -0.2) is 44.1 Å². The molecule has 0 bridgehead atoms. The van der Waals surface area contributed by atoms with Crippen molar-refractivity contribution >= 4 is 17.9 Å². The van der Waals surface area contributed by atoms with Crippen LogP contribution in [0, 0.1) is 34.5 Å². The lowest BCUT2D eigenvalue weighted by Gasteiger charge is -2.61. The summed E-state index contributed by atoms with van der Waals surface area (Å²) < 4.78 is 0. The van der Waals surface area contributed by atoms with E-state index >= 15 is 0 Å². The number of carbonyl (C=O) groups excluding carboxylic acids is 2. The van der Waals surface area contributed by atoms with E-state index in [-0.39, 0.29) is 16.9 Å². The van der Waals surface area contributed by atoms with Gasteiger partial charge in [0.25, 0.3) is 0 Å². The van der Waals surface area contributed by atoms with E-state index in [0.717, 1.165) is 76.5 Å². The SMILES string of the molecule is CNCCCO/N=C1\CC[C@@]2(C)[C@H](C1)[C@@H](NC=O)C[C@@H]1[C@@H]2CC[C@]2(C)C(=O)CC[C@@H]12. The Hall–Kier alpha value is -1.43. The normalized spacial score (nSPS) is 44.2. The Balaban J connectivity index is 1.52. The zero-order valence-electron chi connectivity index (χ0n) is 18.9. The molecule has 4 aliphatic carbocycles. The van der Waals surface area contributed by atoms with Gasteiger partial charge in [-0.1, -0.05) is 19.0 Å². The molecule has 168 valence electrons. The Labute approximate surface area is 180 Å². The number of nitrogens with one attached hydrogen (secondary N) is 2. The Bertz CT molecular complexity index is 695. The number of nitrogens with zero attached hydrogens (tertiary/aromatic N) is 1. The molecule has 6 nitrogen and oxygen atoms in total. The van der Waals surface area contributed by atoms with Gasteiger partial charge in [-0.3, -0.25) is 9.59 Å². The van der Waals surface area contributed by atoms with E-state index in [2.05, 4.69) is 29.6 Å². The van der Waals surface area contributed by atoms with Crippen LogP contribution < -0.4 is 10.6 Å². The zero-order valence-corrected chi connectivity index (χ0v) is 18.9. The molecule has 0 aromatic heterocycles. The highest BCUT2D eigenvalue weighted by atomic mass is 16.6. The van der Waals surface area contributed by atoms with Crippen LogP contribution in [0.25, 0.3) is 0 Å². The fourth-order valence-electron chi connectivity index (χ4n) is 7.72. The van der Waals surface area contributed by atoms with Gasteiger partial charge in [-0.25, -0.2) is 0 Å². The van der Waals surface area contributed by atoms with Crippen molar-refractivity contribution in [3.8, 4) is 0 Å². The molecule has 0 aromatic rings. The third-order valence-electron chi connectivity index (χ3n) is 9.40. The van der Waals surface area contributed by atoms with Crippen molar-refractivity contribution in [3.63, 3.8) is 0 Å². The van der Waals surface area contributed by atoms with Crippen molar-refractivity contribution in [2.24, 2.45) is 39.7 Å². The molecule has 4 saturated carbocycles. The molecule has 4 fully saturated rings. The van der Waals surface area contributed by atoms with Gasteiger partial charge in [-0.15, -0.1) is 0 Å². The van der Waals surface area contributed by atoms with Gasteiger partial charge in [0.15, 0.2) is 0 Å². The standard InChI is InChI=1S/C24H39N3O3/c1-23-9-7-16(27-30-12-4-11-25-3)13-20(23)21(26-15-28)14-17-18-5-6-22(29)24(18,2)10-8-19(17)23/h15,17-21,25H,4-14H2,1-3H3,(H,26,28)/b27-16+/t17-,18-,19-,20+,21-,23+,24-/m0/s1. The number of carbonyl (C=O) groups is 2. The van der Waals surface area contributed by atoms with E-state index in [1.54, 1.807) is 0 Å². The Morgan fingerprint density at radius 1 is 1.17 bits per heavy atom. The first-order valence-corrected chi connectivity index (χ1v) is 12.0. The average molecular weight is 418 g/mol. The second-order valence-electron chi connectivity index (χ2n) is 10.7.